The fourth-order valence-corrected chi connectivity index (χ4v) is 5.79. The van der Waals surface area contributed by atoms with Crippen molar-refractivity contribution in [3.05, 3.63) is 95.3 Å². The molecule has 0 N–H and O–H groups in total. The van der Waals surface area contributed by atoms with Crippen LogP contribution >= 0.6 is 0 Å². The Kier molecular flexibility index (Phi) is 10.4. The van der Waals surface area contributed by atoms with Crippen molar-refractivity contribution in [3.63, 3.8) is 0 Å². The van der Waals surface area contributed by atoms with Gasteiger partial charge in [0.25, 0.3) is 0 Å². The molecule has 37 heavy (non-hydrogen) atoms. The summed E-state index contributed by atoms with van der Waals surface area (Å²) in [7, 11) is 0. The molecule has 0 heterocycles. The maximum absolute atomic E-state index is 15.3. The second-order valence-electron chi connectivity index (χ2n) is 11.0. The average Bonchev–Trinajstić information content (AvgIpc) is 2.93. The van der Waals surface area contributed by atoms with E-state index in [1.54, 1.807) is 0 Å². The normalized spacial score (nSPS) is 17.4. The summed E-state index contributed by atoms with van der Waals surface area (Å²) in [5.74, 6) is 8.05. The fourth-order valence-electron chi connectivity index (χ4n) is 5.79. The van der Waals surface area contributed by atoms with E-state index in [9.17, 15) is 0 Å². The number of benzene rings is 3. The SMILES string of the molecule is C=CCC1CCC(CCc2ccc3cc(C#Cc4ccc(CCCCCCC)cc4)ccc3c2F)CC1. The highest BCUT2D eigenvalue weighted by atomic mass is 19.1. The van der Waals surface area contributed by atoms with Gasteiger partial charge in [-0.3, -0.25) is 0 Å². The first-order valence-electron chi connectivity index (χ1n) is 14.6. The Hall–Kier alpha value is -2.85. The molecule has 0 aliphatic heterocycles. The van der Waals surface area contributed by atoms with Gasteiger partial charge in [-0.15, -0.1) is 6.58 Å². The Morgan fingerprint density at radius 1 is 0.811 bits per heavy atom. The maximum Gasteiger partial charge on any atom is 0.134 e. The molecule has 0 radical (unpaired) electrons. The van der Waals surface area contributed by atoms with Gasteiger partial charge >= 0.3 is 0 Å². The first-order chi connectivity index (χ1) is 18.2. The molecule has 0 aromatic heterocycles. The first kappa shape index (κ1) is 27.2. The average molecular weight is 495 g/mol. The molecule has 1 saturated carbocycles. The summed E-state index contributed by atoms with van der Waals surface area (Å²) in [6, 6.07) is 18.6. The molecule has 0 spiro atoms. The zero-order valence-electron chi connectivity index (χ0n) is 22.7. The Bertz CT molecular complexity index is 1200. The molecule has 1 heteroatoms. The second kappa shape index (κ2) is 14.2. The molecule has 1 aliphatic carbocycles. The highest BCUT2D eigenvalue weighted by molar-refractivity contribution is 5.85. The standard InChI is InChI=1S/C36H43F/c1-3-5-6-7-8-10-29-13-17-30(18-14-29)19-20-32-22-26-35-34(27-32)25-24-33(36(35)37)23-21-31-15-11-28(9-4-2)12-16-31/h4,13-14,17-18,22,24-28,31H,2-3,5-12,15-16,21,23H2,1H3. The molecular formula is C36H43F. The Morgan fingerprint density at radius 2 is 1.51 bits per heavy atom. The van der Waals surface area contributed by atoms with Gasteiger partial charge in [-0.05, 0) is 97.6 Å². The van der Waals surface area contributed by atoms with Gasteiger partial charge in [0.2, 0.25) is 0 Å². The van der Waals surface area contributed by atoms with Crippen molar-refractivity contribution < 1.29 is 4.39 Å². The molecule has 0 saturated heterocycles. The van der Waals surface area contributed by atoms with Crippen LogP contribution in [-0.4, -0.2) is 0 Å². The van der Waals surface area contributed by atoms with Gasteiger partial charge in [0, 0.05) is 16.5 Å². The van der Waals surface area contributed by atoms with Crippen molar-refractivity contribution in [2.75, 3.05) is 0 Å². The molecule has 3 aromatic carbocycles. The van der Waals surface area contributed by atoms with Crippen LogP contribution in [0.4, 0.5) is 4.39 Å². The van der Waals surface area contributed by atoms with Crippen LogP contribution in [0.3, 0.4) is 0 Å². The van der Waals surface area contributed by atoms with Crippen molar-refractivity contribution in [3.8, 4) is 11.8 Å². The van der Waals surface area contributed by atoms with Gasteiger partial charge in [0.1, 0.15) is 5.82 Å². The summed E-state index contributed by atoms with van der Waals surface area (Å²) in [4.78, 5) is 0. The van der Waals surface area contributed by atoms with E-state index >= 15 is 4.39 Å². The lowest BCUT2D eigenvalue weighted by Crippen LogP contribution is -2.15. The van der Waals surface area contributed by atoms with Crippen LogP contribution in [0.25, 0.3) is 10.8 Å². The molecule has 0 atom stereocenters. The van der Waals surface area contributed by atoms with Gasteiger partial charge in [-0.1, -0.05) is 93.7 Å². The molecule has 0 amide bonds. The highest BCUT2D eigenvalue weighted by Gasteiger charge is 2.20. The van der Waals surface area contributed by atoms with Gasteiger partial charge in [-0.2, -0.15) is 0 Å². The number of rotatable bonds is 11. The second-order valence-corrected chi connectivity index (χ2v) is 11.0. The van der Waals surface area contributed by atoms with Gasteiger partial charge in [0.15, 0.2) is 0 Å². The van der Waals surface area contributed by atoms with E-state index in [4.69, 9.17) is 0 Å². The van der Waals surface area contributed by atoms with Crippen LogP contribution in [0.5, 0.6) is 0 Å². The Morgan fingerprint density at radius 3 is 2.27 bits per heavy atom. The van der Waals surface area contributed by atoms with E-state index in [1.165, 1.54) is 63.4 Å². The van der Waals surface area contributed by atoms with Crippen LogP contribution < -0.4 is 0 Å². The highest BCUT2D eigenvalue weighted by Crippen LogP contribution is 2.34. The molecular weight excluding hydrogens is 451 g/mol. The summed E-state index contributed by atoms with van der Waals surface area (Å²) in [6.07, 6.45) is 18.0. The van der Waals surface area contributed by atoms with Gasteiger partial charge in [-0.25, -0.2) is 4.39 Å². The third kappa shape index (κ3) is 8.07. The van der Waals surface area contributed by atoms with Crippen molar-refractivity contribution in [1.29, 1.82) is 0 Å². The summed E-state index contributed by atoms with van der Waals surface area (Å²) in [5.41, 5.74) is 4.19. The largest absolute Gasteiger partial charge is 0.206 e. The van der Waals surface area contributed by atoms with Crippen LogP contribution in [0.15, 0.2) is 67.3 Å². The molecule has 1 aliphatic rings. The van der Waals surface area contributed by atoms with Crippen LogP contribution in [0, 0.1) is 29.5 Å². The minimum Gasteiger partial charge on any atom is -0.206 e. The molecule has 0 nitrogen and oxygen atoms in total. The summed E-state index contributed by atoms with van der Waals surface area (Å²) >= 11 is 0. The fraction of sp³-hybridized carbons (Fsp3) is 0.444. The van der Waals surface area contributed by atoms with Crippen LogP contribution in [0.2, 0.25) is 0 Å². The number of allylic oxidation sites excluding steroid dienone is 1. The molecule has 0 bridgehead atoms. The van der Waals surface area contributed by atoms with Crippen molar-refractivity contribution >= 4 is 10.8 Å². The van der Waals surface area contributed by atoms with Crippen LogP contribution in [0.1, 0.15) is 99.8 Å². The smallest absolute Gasteiger partial charge is 0.134 e. The number of hydrogen-bond donors (Lipinski definition) is 0. The first-order valence-corrected chi connectivity index (χ1v) is 14.6. The predicted molar refractivity (Wildman–Crippen MR) is 157 cm³/mol. The number of unbranched alkanes of at least 4 members (excludes halogenated alkanes) is 4. The van der Waals surface area contributed by atoms with E-state index in [-0.39, 0.29) is 5.82 Å². The van der Waals surface area contributed by atoms with Crippen LogP contribution in [-0.2, 0) is 12.8 Å². The third-order valence-electron chi connectivity index (χ3n) is 8.20. The Balaban J connectivity index is 1.33. The number of fused-ring (bicyclic) bond motifs is 1. The number of halogens is 1. The van der Waals surface area contributed by atoms with Crippen molar-refractivity contribution in [1.82, 2.24) is 0 Å². The maximum atomic E-state index is 15.3. The van der Waals surface area contributed by atoms with Gasteiger partial charge < -0.3 is 0 Å². The summed E-state index contributed by atoms with van der Waals surface area (Å²) < 4.78 is 15.3. The quantitative estimate of drug-likeness (QED) is 0.141. The minimum absolute atomic E-state index is 0.0531. The van der Waals surface area contributed by atoms with Gasteiger partial charge in [0.05, 0.1) is 0 Å². The van der Waals surface area contributed by atoms with E-state index in [0.29, 0.717) is 5.39 Å². The minimum atomic E-state index is -0.0531. The zero-order chi connectivity index (χ0) is 25.9. The molecule has 4 rings (SSSR count). The monoisotopic (exact) mass is 494 g/mol. The Labute approximate surface area is 224 Å². The summed E-state index contributed by atoms with van der Waals surface area (Å²) in [5, 5.41) is 1.64. The van der Waals surface area contributed by atoms with Crippen molar-refractivity contribution in [2.45, 2.75) is 90.4 Å². The molecule has 1 fully saturated rings. The topological polar surface area (TPSA) is 0 Å². The predicted octanol–water partition coefficient (Wildman–Crippen LogP) is 10.2. The zero-order valence-corrected chi connectivity index (χ0v) is 22.7. The lowest BCUT2D eigenvalue weighted by molar-refractivity contribution is 0.264. The lowest BCUT2D eigenvalue weighted by Gasteiger charge is -2.28. The lowest BCUT2D eigenvalue weighted by atomic mass is 9.78. The van der Waals surface area contributed by atoms with Crippen molar-refractivity contribution in [2.24, 2.45) is 11.8 Å². The van der Waals surface area contributed by atoms with E-state index in [1.807, 2.05) is 24.3 Å². The molecule has 0 unspecified atom stereocenters. The van der Waals surface area contributed by atoms with E-state index in [0.717, 1.165) is 59.6 Å². The van der Waals surface area contributed by atoms with E-state index < -0.39 is 0 Å². The molecule has 3 aromatic rings. The number of aryl methyl sites for hydroxylation is 2. The molecule has 194 valence electrons. The van der Waals surface area contributed by atoms with E-state index in [2.05, 4.69) is 61.8 Å². The third-order valence-corrected chi connectivity index (χ3v) is 8.20. The summed E-state index contributed by atoms with van der Waals surface area (Å²) in [6.45, 7) is 6.14. The number of hydrogen-bond acceptors (Lipinski definition) is 0.